The van der Waals surface area contributed by atoms with Crippen LogP contribution in [0.3, 0.4) is 0 Å². The molecule has 0 spiro atoms. The van der Waals surface area contributed by atoms with E-state index < -0.39 is 10.0 Å². The average molecular weight is 267 g/mol. The summed E-state index contributed by atoms with van der Waals surface area (Å²) in [4.78, 5) is 0.408. The molecule has 0 saturated carbocycles. The second kappa shape index (κ2) is 4.67. The second-order valence-electron chi connectivity index (χ2n) is 5.26. The molecule has 1 saturated heterocycles. The van der Waals surface area contributed by atoms with Crippen molar-refractivity contribution in [3.8, 4) is 0 Å². The zero-order valence-corrected chi connectivity index (χ0v) is 12.2. The zero-order chi connectivity index (χ0) is 13.5. The fourth-order valence-electron chi connectivity index (χ4n) is 2.52. The lowest BCUT2D eigenvalue weighted by Gasteiger charge is -2.10. The Morgan fingerprint density at radius 2 is 1.83 bits per heavy atom. The number of hydrogen-bond acceptors (Lipinski definition) is 2. The highest BCUT2D eigenvalue weighted by Crippen LogP contribution is 2.40. The van der Waals surface area contributed by atoms with Crippen molar-refractivity contribution in [1.82, 2.24) is 4.31 Å². The van der Waals surface area contributed by atoms with Crippen LogP contribution >= 0.6 is 0 Å². The van der Waals surface area contributed by atoms with E-state index in [0.29, 0.717) is 10.8 Å². The van der Waals surface area contributed by atoms with Crippen molar-refractivity contribution in [3.63, 3.8) is 0 Å². The fourth-order valence-corrected chi connectivity index (χ4v) is 4.46. The Hall–Kier alpha value is -0.870. The van der Waals surface area contributed by atoms with Crippen LogP contribution in [0.1, 0.15) is 32.8 Å². The van der Waals surface area contributed by atoms with Gasteiger partial charge in [0.1, 0.15) is 0 Å². The molecule has 1 aliphatic rings. The van der Waals surface area contributed by atoms with Gasteiger partial charge in [0, 0.05) is 12.1 Å². The minimum atomic E-state index is -3.30. The first-order valence-corrected chi connectivity index (χ1v) is 7.93. The lowest BCUT2D eigenvalue weighted by molar-refractivity contribution is 0.485. The van der Waals surface area contributed by atoms with E-state index in [2.05, 4.69) is 13.8 Å². The van der Waals surface area contributed by atoms with Crippen LogP contribution < -0.4 is 0 Å². The summed E-state index contributed by atoms with van der Waals surface area (Å²) in [7, 11) is -3.30. The maximum atomic E-state index is 12.5. The van der Waals surface area contributed by atoms with Gasteiger partial charge in [-0.25, -0.2) is 8.42 Å². The summed E-state index contributed by atoms with van der Waals surface area (Å²) in [6.07, 6.45) is 1.01. The Morgan fingerprint density at radius 3 is 2.33 bits per heavy atom. The largest absolute Gasteiger partial charge is 0.243 e. The summed E-state index contributed by atoms with van der Waals surface area (Å²) in [5, 5.41) is 0. The monoisotopic (exact) mass is 267 g/mol. The van der Waals surface area contributed by atoms with E-state index >= 15 is 0 Å². The highest BCUT2D eigenvalue weighted by Gasteiger charge is 2.54. The van der Waals surface area contributed by atoms with Crippen LogP contribution in [-0.4, -0.2) is 24.8 Å². The SMILES string of the molecule is CC[C@@H](C)[C@H]1[C@H](C)N1S(=O)(=O)c1ccc(C)cc1. The van der Waals surface area contributed by atoms with Crippen molar-refractivity contribution in [2.24, 2.45) is 5.92 Å². The molecule has 0 bridgehead atoms. The number of nitrogens with zero attached hydrogens (tertiary/aromatic N) is 1. The van der Waals surface area contributed by atoms with Crippen LogP contribution in [0.4, 0.5) is 0 Å². The van der Waals surface area contributed by atoms with Gasteiger partial charge < -0.3 is 0 Å². The predicted octanol–water partition coefficient (Wildman–Crippen LogP) is 2.80. The number of aryl methyl sites for hydroxylation is 1. The van der Waals surface area contributed by atoms with E-state index in [1.807, 2.05) is 26.0 Å². The summed E-state index contributed by atoms with van der Waals surface area (Å²) in [5.41, 5.74) is 1.08. The van der Waals surface area contributed by atoms with Gasteiger partial charge >= 0.3 is 0 Å². The smallest absolute Gasteiger partial charge is 0.207 e. The van der Waals surface area contributed by atoms with Crippen molar-refractivity contribution in [2.45, 2.75) is 51.1 Å². The summed E-state index contributed by atoms with van der Waals surface area (Å²) in [6, 6.07) is 7.39. The molecule has 0 amide bonds. The van der Waals surface area contributed by atoms with Crippen molar-refractivity contribution >= 4 is 10.0 Å². The molecule has 1 aromatic carbocycles. The average Bonchev–Trinajstić information content (AvgIpc) is 3.01. The maximum Gasteiger partial charge on any atom is 0.243 e. The molecule has 0 radical (unpaired) electrons. The molecule has 1 unspecified atom stereocenters. The van der Waals surface area contributed by atoms with Crippen LogP contribution in [0.25, 0.3) is 0 Å². The summed E-state index contributed by atoms with van der Waals surface area (Å²) < 4.78 is 26.6. The minimum Gasteiger partial charge on any atom is -0.207 e. The summed E-state index contributed by atoms with van der Waals surface area (Å²) >= 11 is 0. The van der Waals surface area contributed by atoms with E-state index in [1.54, 1.807) is 16.4 Å². The summed E-state index contributed by atoms with van der Waals surface area (Å²) in [5.74, 6) is 0.417. The van der Waals surface area contributed by atoms with E-state index in [9.17, 15) is 8.42 Å². The first-order chi connectivity index (χ1) is 8.39. The van der Waals surface area contributed by atoms with E-state index in [0.717, 1.165) is 12.0 Å². The molecule has 0 aliphatic carbocycles. The third-order valence-electron chi connectivity index (χ3n) is 3.92. The first kappa shape index (κ1) is 13.6. The standard InChI is InChI=1S/C14H21NO2S/c1-5-11(3)14-12(4)15(14)18(16,17)13-8-6-10(2)7-9-13/h6-9,11-12,14H,5H2,1-4H3/t11-,12+,14+,15?/m1/s1. The van der Waals surface area contributed by atoms with Gasteiger partial charge in [-0.15, -0.1) is 0 Å². The maximum absolute atomic E-state index is 12.5. The third-order valence-corrected chi connectivity index (χ3v) is 5.92. The highest BCUT2D eigenvalue weighted by atomic mass is 32.2. The topological polar surface area (TPSA) is 37.1 Å². The van der Waals surface area contributed by atoms with E-state index in [-0.39, 0.29) is 12.1 Å². The molecule has 1 heterocycles. The molecule has 1 aromatic rings. The molecule has 2 rings (SSSR count). The van der Waals surface area contributed by atoms with Crippen LogP contribution in [0.2, 0.25) is 0 Å². The van der Waals surface area contributed by atoms with Crippen LogP contribution in [0.5, 0.6) is 0 Å². The Kier molecular flexibility index (Phi) is 3.52. The van der Waals surface area contributed by atoms with Crippen molar-refractivity contribution in [2.75, 3.05) is 0 Å². The van der Waals surface area contributed by atoms with Gasteiger partial charge in [0.15, 0.2) is 0 Å². The lowest BCUT2D eigenvalue weighted by Crippen LogP contribution is -2.18. The molecule has 1 aliphatic heterocycles. The van der Waals surface area contributed by atoms with Gasteiger partial charge in [-0.3, -0.25) is 0 Å². The van der Waals surface area contributed by atoms with Gasteiger partial charge in [0.05, 0.1) is 4.90 Å². The molecule has 3 nitrogen and oxygen atoms in total. The van der Waals surface area contributed by atoms with Crippen molar-refractivity contribution in [3.05, 3.63) is 29.8 Å². The molecule has 4 atom stereocenters. The molecule has 100 valence electrons. The molecule has 0 aromatic heterocycles. The number of hydrogen-bond donors (Lipinski definition) is 0. The molecule has 18 heavy (non-hydrogen) atoms. The molecular weight excluding hydrogens is 246 g/mol. The van der Waals surface area contributed by atoms with Crippen LogP contribution in [-0.2, 0) is 10.0 Å². The Balaban J connectivity index is 2.26. The molecule has 1 fully saturated rings. The van der Waals surface area contributed by atoms with Gasteiger partial charge in [-0.1, -0.05) is 38.0 Å². The van der Waals surface area contributed by atoms with E-state index in [1.165, 1.54) is 0 Å². The Labute approximate surface area is 110 Å². The first-order valence-electron chi connectivity index (χ1n) is 6.49. The summed E-state index contributed by atoms with van der Waals surface area (Å²) in [6.45, 7) is 8.17. The second-order valence-corrected chi connectivity index (χ2v) is 7.11. The van der Waals surface area contributed by atoms with Crippen molar-refractivity contribution in [1.29, 1.82) is 0 Å². The van der Waals surface area contributed by atoms with Crippen molar-refractivity contribution < 1.29 is 8.42 Å². The minimum absolute atomic E-state index is 0.131. The zero-order valence-electron chi connectivity index (χ0n) is 11.4. The van der Waals surface area contributed by atoms with Gasteiger partial charge in [0.25, 0.3) is 0 Å². The quantitative estimate of drug-likeness (QED) is 0.787. The van der Waals surface area contributed by atoms with E-state index in [4.69, 9.17) is 0 Å². The molecular formula is C14H21NO2S. The normalized spacial score (nSPS) is 29.0. The Bertz CT molecular complexity index is 521. The number of sulfonamides is 1. The van der Waals surface area contributed by atoms with Gasteiger partial charge in [-0.2, -0.15) is 4.31 Å². The number of rotatable bonds is 4. The Morgan fingerprint density at radius 1 is 1.28 bits per heavy atom. The number of benzene rings is 1. The third kappa shape index (κ3) is 2.19. The van der Waals surface area contributed by atoms with Crippen LogP contribution in [0, 0.1) is 12.8 Å². The molecule has 4 heteroatoms. The molecule has 0 N–H and O–H groups in total. The lowest BCUT2D eigenvalue weighted by atomic mass is 10.0. The van der Waals surface area contributed by atoms with Crippen LogP contribution in [0.15, 0.2) is 29.2 Å². The highest BCUT2D eigenvalue weighted by molar-refractivity contribution is 7.89. The predicted molar refractivity (Wildman–Crippen MR) is 72.9 cm³/mol. The fraction of sp³-hybridized carbons (Fsp3) is 0.571. The van der Waals surface area contributed by atoms with Gasteiger partial charge in [0.2, 0.25) is 10.0 Å². The van der Waals surface area contributed by atoms with Gasteiger partial charge in [-0.05, 0) is 31.9 Å².